The van der Waals surface area contributed by atoms with Gasteiger partial charge in [0.25, 0.3) is 0 Å². The highest BCUT2D eigenvalue weighted by molar-refractivity contribution is 7.99. The molecule has 3 heterocycles. The summed E-state index contributed by atoms with van der Waals surface area (Å²) in [5, 5.41) is 13.8. The Labute approximate surface area is 197 Å². The van der Waals surface area contributed by atoms with Crippen molar-refractivity contribution in [2.75, 3.05) is 42.3 Å². The first-order chi connectivity index (χ1) is 16.0. The summed E-state index contributed by atoms with van der Waals surface area (Å²) < 4.78 is 7.53. The monoisotopic (exact) mass is 461 g/mol. The number of hydrogen-bond acceptors (Lipinski definition) is 6. The molecule has 4 aromatic rings. The van der Waals surface area contributed by atoms with Crippen LogP contribution >= 0.6 is 11.8 Å². The molecule has 1 aliphatic heterocycles. The number of ether oxygens (including phenoxy) is 1. The Morgan fingerprint density at radius 1 is 1.03 bits per heavy atom. The van der Waals surface area contributed by atoms with E-state index in [1.807, 2.05) is 31.2 Å². The van der Waals surface area contributed by atoms with Crippen molar-refractivity contribution in [3.05, 3.63) is 59.2 Å². The molecule has 2 aromatic heterocycles. The first kappa shape index (κ1) is 21.7. The highest BCUT2D eigenvalue weighted by Crippen LogP contribution is 2.29. The first-order valence-corrected chi connectivity index (χ1v) is 12.1. The number of anilines is 2. The molecule has 0 bridgehead atoms. The van der Waals surface area contributed by atoms with Gasteiger partial charge in [-0.1, -0.05) is 23.9 Å². The molecule has 33 heavy (non-hydrogen) atoms. The van der Waals surface area contributed by atoms with Crippen molar-refractivity contribution in [2.45, 2.75) is 25.9 Å². The smallest absolute Gasteiger partial charge is 0.234 e. The minimum atomic E-state index is -0.0681. The normalized spacial score (nSPS) is 14.2. The number of rotatable bonds is 5. The number of hydrogen-bond donors (Lipinski definition) is 1. The number of thioether (sulfide) groups is 1. The van der Waals surface area contributed by atoms with E-state index in [-0.39, 0.29) is 11.7 Å². The third kappa shape index (κ3) is 4.28. The average molecular weight is 462 g/mol. The van der Waals surface area contributed by atoms with E-state index < -0.39 is 0 Å². The lowest BCUT2D eigenvalue weighted by molar-refractivity contribution is -0.113. The summed E-state index contributed by atoms with van der Waals surface area (Å²) in [4.78, 5) is 15.1. The number of nitrogens with one attached hydrogen (secondary N) is 1. The fourth-order valence-corrected chi connectivity index (χ4v) is 4.99. The Kier molecular flexibility index (Phi) is 5.95. The van der Waals surface area contributed by atoms with Crippen molar-refractivity contribution in [1.82, 2.24) is 14.6 Å². The number of aryl methyl sites for hydroxylation is 3. The zero-order valence-corrected chi connectivity index (χ0v) is 19.9. The summed E-state index contributed by atoms with van der Waals surface area (Å²) in [6.45, 7) is 9.31. The Bertz CT molecular complexity index is 1340. The van der Waals surface area contributed by atoms with Gasteiger partial charge in [-0.05, 0) is 73.2 Å². The summed E-state index contributed by atoms with van der Waals surface area (Å²) >= 11 is 1.40. The maximum absolute atomic E-state index is 12.9. The van der Waals surface area contributed by atoms with E-state index in [2.05, 4.69) is 56.9 Å². The molecule has 0 atom stereocenters. The number of morpholine rings is 1. The van der Waals surface area contributed by atoms with Crippen LogP contribution < -0.4 is 10.2 Å². The van der Waals surface area contributed by atoms with Gasteiger partial charge in [-0.2, -0.15) is 0 Å². The van der Waals surface area contributed by atoms with Crippen LogP contribution in [0.5, 0.6) is 0 Å². The first-order valence-electron chi connectivity index (χ1n) is 11.1. The Morgan fingerprint density at radius 3 is 2.58 bits per heavy atom. The van der Waals surface area contributed by atoms with Crippen molar-refractivity contribution < 1.29 is 9.53 Å². The van der Waals surface area contributed by atoms with Crippen LogP contribution in [-0.2, 0) is 9.53 Å². The highest BCUT2D eigenvalue weighted by Gasteiger charge is 2.18. The molecule has 0 radical (unpaired) electrons. The minimum Gasteiger partial charge on any atom is -0.378 e. The molecule has 2 aromatic carbocycles. The van der Waals surface area contributed by atoms with E-state index >= 15 is 0 Å². The van der Waals surface area contributed by atoms with Gasteiger partial charge in [-0.25, -0.2) is 0 Å². The molecule has 7 nitrogen and oxygen atoms in total. The molecule has 1 amide bonds. The summed E-state index contributed by atoms with van der Waals surface area (Å²) in [6, 6.07) is 14.4. The zero-order valence-electron chi connectivity index (χ0n) is 19.1. The lowest BCUT2D eigenvalue weighted by atomic mass is 10.0. The van der Waals surface area contributed by atoms with Crippen molar-refractivity contribution in [2.24, 2.45) is 0 Å². The van der Waals surface area contributed by atoms with Crippen molar-refractivity contribution in [1.29, 1.82) is 0 Å². The van der Waals surface area contributed by atoms with Crippen LogP contribution in [0.15, 0.2) is 47.6 Å². The fraction of sp³-hybridized carbons (Fsp3) is 0.320. The maximum Gasteiger partial charge on any atom is 0.234 e. The third-order valence-corrected chi connectivity index (χ3v) is 7.03. The van der Waals surface area contributed by atoms with Crippen LogP contribution in [0.2, 0.25) is 0 Å². The quantitative estimate of drug-likeness (QED) is 0.445. The van der Waals surface area contributed by atoms with E-state index in [1.165, 1.54) is 22.9 Å². The molecule has 0 aliphatic carbocycles. The fourth-order valence-electron chi connectivity index (χ4n) is 4.24. The molecule has 170 valence electrons. The molecule has 5 rings (SSSR count). The summed E-state index contributed by atoms with van der Waals surface area (Å²) in [7, 11) is 0. The summed E-state index contributed by atoms with van der Waals surface area (Å²) in [5.74, 6) is 0.180. The average Bonchev–Trinajstić information content (AvgIpc) is 3.25. The van der Waals surface area contributed by atoms with Crippen LogP contribution in [0, 0.1) is 20.8 Å². The molecule has 0 unspecified atom stereocenters. The number of benzene rings is 2. The number of nitrogens with zero attached hydrogens (tertiary/aromatic N) is 4. The molecular formula is C25H27N5O2S. The van der Waals surface area contributed by atoms with Crippen molar-refractivity contribution >= 4 is 45.6 Å². The number of carbonyl (C=O) groups excluding carboxylic acids is 1. The SMILES string of the molecule is Cc1cc2cc(C)c3nnc(SCC(=O)Nc4ccccc4N4CCOCC4)n3c2cc1C. The van der Waals surface area contributed by atoms with Gasteiger partial charge >= 0.3 is 0 Å². The lowest BCUT2D eigenvalue weighted by Gasteiger charge is -2.30. The summed E-state index contributed by atoms with van der Waals surface area (Å²) in [6.07, 6.45) is 0. The predicted molar refractivity (Wildman–Crippen MR) is 134 cm³/mol. The third-order valence-electron chi connectivity index (χ3n) is 6.10. The van der Waals surface area contributed by atoms with E-state index in [0.717, 1.165) is 51.7 Å². The second-order valence-corrected chi connectivity index (χ2v) is 9.36. The van der Waals surface area contributed by atoms with E-state index in [9.17, 15) is 4.79 Å². The standard InChI is InChI=1S/C25H27N5O2S/c1-16-12-19-13-18(3)24-27-28-25(30(24)22(19)14-17(16)2)33-15-23(31)26-20-6-4-5-7-21(20)29-8-10-32-11-9-29/h4-7,12-14H,8-11,15H2,1-3H3,(H,26,31). The van der Waals surface area contributed by atoms with E-state index in [1.54, 1.807) is 0 Å². The Hall–Kier alpha value is -3.10. The van der Waals surface area contributed by atoms with Gasteiger partial charge in [0.05, 0.1) is 35.9 Å². The second kappa shape index (κ2) is 9.03. The van der Waals surface area contributed by atoms with Crippen LogP contribution in [-0.4, -0.2) is 52.6 Å². The highest BCUT2D eigenvalue weighted by atomic mass is 32.2. The Morgan fingerprint density at radius 2 is 1.76 bits per heavy atom. The lowest BCUT2D eigenvalue weighted by Crippen LogP contribution is -2.36. The van der Waals surface area contributed by atoms with Gasteiger partial charge in [0.2, 0.25) is 5.91 Å². The van der Waals surface area contributed by atoms with Crippen LogP contribution in [0.1, 0.15) is 16.7 Å². The molecule has 1 fully saturated rings. The van der Waals surface area contributed by atoms with Gasteiger partial charge in [0.15, 0.2) is 10.8 Å². The van der Waals surface area contributed by atoms with Crippen molar-refractivity contribution in [3.63, 3.8) is 0 Å². The molecule has 1 saturated heterocycles. The maximum atomic E-state index is 12.9. The van der Waals surface area contributed by atoms with Gasteiger partial charge < -0.3 is 15.0 Å². The predicted octanol–water partition coefficient (Wildman–Crippen LogP) is 4.38. The molecule has 0 saturated carbocycles. The number of amides is 1. The van der Waals surface area contributed by atoms with Gasteiger partial charge in [-0.15, -0.1) is 10.2 Å². The molecular weight excluding hydrogens is 434 g/mol. The van der Waals surface area contributed by atoms with Gasteiger partial charge in [-0.3, -0.25) is 9.20 Å². The number of carbonyl (C=O) groups is 1. The second-order valence-electron chi connectivity index (χ2n) is 8.42. The molecule has 1 N–H and O–H groups in total. The summed E-state index contributed by atoms with van der Waals surface area (Å²) in [5.41, 5.74) is 7.27. The van der Waals surface area contributed by atoms with Crippen molar-refractivity contribution in [3.8, 4) is 0 Å². The number of para-hydroxylation sites is 2. The van der Waals surface area contributed by atoms with Crippen LogP contribution in [0.3, 0.4) is 0 Å². The molecule has 0 spiro atoms. The van der Waals surface area contributed by atoms with Crippen LogP contribution in [0.25, 0.3) is 16.6 Å². The zero-order chi connectivity index (χ0) is 22.9. The van der Waals surface area contributed by atoms with Crippen LogP contribution in [0.4, 0.5) is 11.4 Å². The van der Waals surface area contributed by atoms with E-state index in [0.29, 0.717) is 13.2 Å². The Balaban J connectivity index is 1.38. The molecule has 1 aliphatic rings. The largest absolute Gasteiger partial charge is 0.378 e. The number of aromatic nitrogens is 3. The number of fused-ring (bicyclic) bond motifs is 3. The minimum absolute atomic E-state index is 0.0681. The number of pyridine rings is 1. The van der Waals surface area contributed by atoms with Gasteiger partial charge in [0, 0.05) is 13.1 Å². The van der Waals surface area contributed by atoms with E-state index in [4.69, 9.17) is 4.74 Å². The van der Waals surface area contributed by atoms with Gasteiger partial charge in [0.1, 0.15) is 0 Å². The molecule has 8 heteroatoms. The topological polar surface area (TPSA) is 71.8 Å².